The number of aromatic nitrogens is 1. The number of pyridine rings is 1. The molecule has 0 bridgehead atoms. The third-order valence-corrected chi connectivity index (χ3v) is 2.13. The van der Waals surface area contributed by atoms with E-state index in [1.165, 1.54) is 0 Å². The lowest BCUT2D eigenvalue weighted by atomic mass is 10.1. The number of hydrogen-bond donors (Lipinski definition) is 1. The molecule has 0 unspecified atom stereocenters. The smallest absolute Gasteiger partial charge is 0.209 e. The van der Waals surface area contributed by atoms with Crippen LogP contribution < -0.4 is 5.73 Å². The van der Waals surface area contributed by atoms with Gasteiger partial charge in [0.1, 0.15) is 0 Å². The topological polar surface area (TPSA) is 57.4 Å². The minimum atomic E-state index is -0.849. The zero-order valence-corrected chi connectivity index (χ0v) is 9.27. The molecular weight excluding hydrogens is 192 g/mol. The average molecular weight is 210 g/mol. The lowest BCUT2D eigenvalue weighted by Gasteiger charge is -2.31. The Bertz CT molecular complexity index is 271. The molecule has 4 nitrogen and oxygen atoms in total. The largest absolute Gasteiger partial charge is 0.345 e. The van der Waals surface area contributed by atoms with E-state index < -0.39 is 5.79 Å². The first kappa shape index (κ1) is 12.1. The van der Waals surface area contributed by atoms with Crippen LogP contribution in [-0.2, 0) is 15.3 Å². The number of hydrogen-bond acceptors (Lipinski definition) is 4. The van der Waals surface area contributed by atoms with Gasteiger partial charge < -0.3 is 15.2 Å². The Hall–Kier alpha value is -0.970. The lowest BCUT2D eigenvalue weighted by Crippen LogP contribution is -2.41. The fourth-order valence-electron chi connectivity index (χ4n) is 1.50. The van der Waals surface area contributed by atoms with Crippen LogP contribution in [0.15, 0.2) is 24.5 Å². The normalized spacial score (nSPS) is 11.7. The fourth-order valence-corrected chi connectivity index (χ4v) is 1.50. The molecule has 0 aromatic carbocycles. The molecule has 0 atom stereocenters. The first-order chi connectivity index (χ1) is 7.29. The van der Waals surface area contributed by atoms with Gasteiger partial charge in [-0.15, -0.1) is 0 Å². The standard InChI is InChI=1S/C11H18N2O2/c1-3-14-11(9-12,15-4-2)10-6-5-7-13-8-10/h5-8H,3-4,9,12H2,1-2H3. The summed E-state index contributed by atoms with van der Waals surface area (Å²) in [5.74, 6) is -0.849. The minimum absolute atomic E-state index is 0.278. The SMILES string of the molecule is CCOC(CN)(OCC)c1cccnc1. The number of nitrogens with zero attached hydrogens (tertiary/aromatic N) is 1. The van der Waals surface area contributed by atoms with Crippen molar-refractivity contribution in [3.63, 3.8) is 0 Å². The van der Waals surface area contributed by atoms with Crippen LogP contribution in [0.25, 0.3) is 0 Å². The molecular formula is C11H18N2O2. The van der Waals surface area contributed by atoms with Crippen LogP contribution in [-0.4, -0.2) is 24.7 Å². The molecule has 0 spiro atoms. The molecule has 0 aliphatic carbocycles. The molecule has 1 aromatic rings. The highest BCUT2D eigenvalue weighted by molar-refractivity contribution is 5.16. The van der Waals surface area contributed by atoms with Gasteiger partial charge in [-0.05, 0) is 19.9 Å². The maximum Gasteiger partial charge on any atom is 0.209 e. The van der Waals surface area contributed by atoms with Gasteiger partial charge in [-0.2, -0.15) is 0 Å². The van der Waals surface area contributed by atoms with Crippen molar-refractivity contribution in [1.82, 2.24) is 4.98 Å². The summed E-state index contributed by atoms with van der Waals surface area (Å²) < 4.78 is 11.2. The van der Waals surface area contributed by atoms with Crippen molar-refractivity contribution in [2.24, 2.45) is 5.73 Å². The molecule has 0 radical (unpaired) electrons. The lowest BCUT2D eigenvalue weighted by molar-refractivity contribution is -0.235. The molecule has 0 saturated carbocycles. The summed E-state index contributed by atoms with van der Waals surface area (Å²) in [5.41, 5.74) is 6.59. The van der Waals surface area contributed by atoms with Crippen LogP contribution >= 0.6 is 0 Å². The summed E-state index contributed by atoms with van der Waals surface area (Å²) >= 11 is 0. The molecule has 1 rings (SSSR count). The van der Waals surface area contributed by atoms with Crippen LogP contribution in [0.5, 0.6) is 0 Å². The Balaban J connectivity index is 2.97. The number of ether oxygens (including phenoxy) is 2. The Labute approximate surface area is 90.4 Å². The van der Waals surface area contributed by atoms with E-state index in [-0.39, 0.29) is 6.54 Å². The Morgan fingerprint density at radius 1 is 1.33 bits per heavy atom. The van der Waals surface area contributed by atoms with Gasteiger partial charge in [0.25, 0.3) is 0 Å². The van der Waals surface area contributed by atoms with E-state index in [1.807, 2.05) is 26.0 Å². The van der Waals surface area contributed by atoms with E-state index in [0.29, 0.717) is 13.2 Å². The summed E-state index contributed by atoms with van der Waals surface area (Å²) in [7, 11) is 0. The predicted molar refractivity (Wildman–Crippen MR) is 58.2 cm³/mol. The summed E-state index contributed by atoms with van der Waals surface area (Å²) in [6.07, 6.45) is 3.43. The second kappa shape index (κ2) is 5.80. The molecule has 0 saturated heterocycles. The van der Waals surface area contributed by atoms with E-state index in [0.717, 1.165) is 5.56 Å². The molecule has 4 heteroatoms. The third kappa shape index (κ3) is 2.75. The van der Waals surface area contributed by atoms with Crippen LogP contribution in [0.2, 0.25) is 0 Å². The van der Waals surface area contributed by atoms with Crippen LogP contribution in [0.3, 0.4) is 0 Å². The Kier molecular flexibility index (Phi) is 4.68. The summed E-state index contributed by atoms with van der Waals surface area (Å²) in [4.78, 5) is 4.05. The van der Waals surface area contributed by atoms with Gasteiger partial charge in [0.15, 0.2) is 0 Å². The fraction of sp³-hybridized carbons (Fsp3) is 0.545. The molecule has 2 N–H and O–H groups in total. The maximum atomic E-state index is 5.73. The molecule has 0 fully saturated rings. The molecule has 84 valence electrons. The zero-order chi connectivity index (χ0) is 11.1. The second-order valence-corrected chi connectivity index (χ2v) is 3.06. The molecule has 15 heavy (non-hydrogen) atoms. The van der Waals surface area contributed by atoms with Crippen LogP contribution in [0.1, 0.15) is 19.4 Å². The molecule has 1 heterocycles. The van der Waals surface area contributed by atoms with Gasteiger partial charge in [-0.1, -0.05) is 6.07 Å². The average Bonchev–Trinajstić information content (AvgIpc) is 2.30. The maximum absolute atomic E-state index is 5.73. The summed E-state index contributed by atoms with van der Waals surface area (Å²) in [6.45, 7) is 5.21. The van der Waals surface area contributed by atoms with Gasteiger partial charge in [-0.25, -0.2) is 0 Å². The van der Waals surface area contributed by atoms with Crippen LogP contribution in [0.4, 0.5) is 0 Å². The van der Waals surface area contributed by atoms with E-state index in [1.54, 1.807) is 12.4 Å². The summed E-state index contributed by atoms with van der Waals surface area (Å²) in [6, 6.07) is 3.75. The van der Waals surface area contributed by atoms with Crippen molar-refractivity contribution < 1.29 is 9.47 Å². The van der Waals surface area contributed by atoms with Gasteiger partial charge in [0.05, 0.1) is 6.54 Å². The molecule has 0 aliphatic heterocycles. The van der Waals surface area contributed by atoms with Gasteiger partial charge in [-0.3, -0.25) is 4.98 Å². The number of rotatable bonds is 6. The molecule has 1 aromatic heterocycles. The third-order valence-electron chi connectivity index (χ3n) is 2.13. The highest BCUT2D eigenvalue weighted by Gasteiger charge is 2.32. The number of nitrogens with two attached hydrogens (primary N) is 1. The highest BCUT2D eigenvalue weighted by Crippen LogP contribution is 2.25. The van der Waals surface area contributed by atoms with Crippen molar-refractivity contribution in [1.29, 1.82) is 0 Å². The Morgan fingerprint density at radius 3 is 2.40 bits per heavy atom. The second-order valence-electron chi connectivity index (χ2n) is 3.06. The Morgan fingerprint density at radius 2 is 2.00 bits per heavy atom. The van der Waals surface area contributed by atoms with Crippen molar-refractivity contribution in [2.75, 3.05) is 19.8 Å². The van der Waals surface area contributed by atoms with Gasteiger partial charge in [0, 0.05) is 31.2 Å². The predicted octanol–water partition coefficient (Wildman–Crippen LogP) is 1.27. The van der Waals surface area contributed by atoms with Crippen molar-refractivity contribution in [2.45, 2.75) is 19.6 Å². The summed E-state index contributed by atoms with van der Waals surface area (Å²) in [5, 5.41) is 0. The molecule has 0 aliphatic rings. The van der Waals surface area contributed by atoms with Gasteiger partial charge in [0.2, 0.25) is 5.79 Å². The highest BCUT2D eigenvalue weighted by atomic mass is 16.7. The van der Waals surface area contributed by atoms with E-state index in [9.17, 15) is 0 Å². The zero-order valence-electron chi connectivity index (χ0n) is 9.27. The first-order valence-corrected chi connectivity index (χ1v) is 5.17. The quantitative estimate of drug-likeness (QED) is 0.718. The van der Waals surface area contributed by atoms with Crippen molar-refractivity contribution in [3.8, 4) is 0 Å². The van der Waals surface area contributed by atoms with E-state index in [4.69, 9.17) is 15.2 Å². The van der Waals surface area contributed by atoms with Gasteiger partial charge >= 0.3 is 0 Å². The van der Waals surface area contributed by atoms with E-state index in [2.05, 4.69) is 4.98 Å². The van der Waals surface area contributed by atoms with Crippen molar-refractivity contribution in [3.05, 3.63) is 30.1 Å². The van der Waals surface area contributed by atoms with Crippen LogP contribution in [0, 0.1) is 0 Å². The molecule has 0 amide bonds. The van der Waals surface area contributed by atoms with Crippen molar-refractivity contribution >= 4 is 0 Å². The monoisotopic (exact) mass is 210 g/mol. The minimum Gasteiger partial charge on any atom is -0.345 e. The van der Waals surface area contributed by atoms with E-state index >= 15 is 0 Å². The first-order valence-electron chi connectivity index (χ1n) is 5.17.